The fraction of sp³-hybridized carbons (Fsp3) is 0.421. The molecule has 6 heteroatoms. The molecule has 2 rings (SSSR count). The van der Waals surface area contributed by atoms with Crippen LogP contribution < -0.4 is 5.32 Å². The van der Waals surface area contributed by atoms with Crippen molar-refractivity contribution in [2.45, 2.75) is 34.1 Å². The molecule has 25 heavy (non-hydrogen) atoms. The van der Waals surface area contributed by atoms with Crippen LogP contribution in [-0.4, -0.2) is 34.8 Å². The maximum absolute atomic E-state index is 12.4. The molecule has 0 spiro atoms. The Morgan fingerprint density at radius 1 is 1.28 bits per heavy atom. The number of nitrogens with one attached hydrogen (secondary N) is 1. The number of rotatable bonds is 5. The van der Waals surface area contributed by atoms with Crippen LogP contribution in [0, 0.1) is 5.41 Å². The molecule has 1 heterocycles. The van der Waals surface area contributed by atoms with Gasteiger partial charge in [0.15, 0.2) is 5.78 Å². The molecule has 134 valence electrons. The molecule has 1 N–H and O–H groups in total. The summed E-state index contributed by atoms with van der Waals surface area (Å²) in [4.78, 5) is 38.1. The highest BCUT2D eigenvalue weighted by atomic mass is 32.2. The van der Waals surface area contributed by atoms with Gasteiger partial charge in [0.2, 0.25) is 11.8 Å². The molecule has 0 atom stereocenters. The second-order valence-electron chi connectivity index (χ2n) is 6.92. The first-order chi connectivity index (χ1) is 11.7. The van der Waals surface area contributed by atoms with Crippen LogP contribution in [0.3, 0.4) is 0 Å². The molecule has 1 saturated heterocycles. The van der Waals surface area contributed by atoms with E-state index in [2.05, 4.69) is 5.32 Å². The third-order valence-electron chi connectivity index (χ3n) is 3.88. The Labute approximate surface area is 152 Å². The standard InChI is InChI=1S/C19H24N2O3S/c1-5-13-8-6-7-9-14(13)20-16(23)11-21-17(24)12-25-18(21)10-15(22)19(2,3)4/h6-10H,5,11-12H2,1-4H3,(H,20,23). The minimum absolute atomic E-state index is 0.0635. The molecule has 1 aliphatic heterocycles. The van der Waals surface area contributed by atoms with Crippen molar-refractivity contribution in [2.24, 2.45) is 5.41 Å². The summed E-state index contributed by atoms with van der Waals surface area (Å²) in [6.45, 7) is 7.41. The Hall–Kier alpha value is -2.08. The minimum Gasteiger partial charge on any atom is -0.324 e. The number of aryl methyl sites for hydroxylation is 1. The molecule has 5 nitrogen and oxygen atoms in total. The summed E-state index contributed by atoms with van der Waals surface area (Å²) in [6.07, 6.45) is 2.28. The highest BCUT2D eigenvalue weighted by molar-refractivity contribution is 8.04. The lowest BCUT2D eigenvalue weighted by atomic mass is 9.91. The normalized spacial score (nSPS) is 16.4. The molecule has 1 aliphatic rings. The van der Waals surface area contributed by atoms with Crippen LogP contribution in [0.5, 0.6) is 0 Å². The first-order valence-electron chi connectivity index (χ1n) is 8.29. The van der Waals surface area contributed by atoms with Gasteiger partial charge in [-0.25, -0.2) is 0 Å². The van der Waals surface area contributed by atoms with Crippen molar-refractivity contribution in [1.29, 1.82) is 0 Å². The molecule has 1 aromatic carbocycles. The van der Waals surface area contributed by atoms with E-state index in [0.29, 0.717) is 5.03 Å². The molecule has 0 unspecified atom stereocenters. The minimum atomic E-state index is -0.521. The van der Waals surface area contributed by atoms with Crippen LogP contribution in [0.4, 0.5) is 5.69 Å². The highest BCUT2D eigenvalue weighted by Crippen LogP contribution is 2.30. The number of hydrogen-bond donors (Lipinski definition) is 1. The second-order valence-corrected chi connectivity index (χ2v) is 7.92. The van der Waals surface area contributed by atoms with Gasteiger partial charge >= 0.3 is 0 Å². The number of anilines is 1. The van der Waals surface area contributed by atoms with Crippen molar-refractivity contribution in [2.75, 3.05) is 17.6 Å². The van der Waals surface area contributed by atoms with E-state index in [1.54, 1.807) is 0 Å². The zero-order valence-corrected chi connectivity index (χ0v) is 15.9. The number of thioether (sulfide) groups is 1. The zero-order valence-electron chi connectivity index (χ0n) is 15.1. The Morgan fingerprint density at radius 2 is 1.96 bits per heavy atom. The smallest absolute Gasteiger partial charge is 0.244 e. The first kappa shape index (κ1) is 19.2. The van der Waals surface area contributed by atoms with E-state index in [1.807, 2.05) is 52.0 Å². The Kier molecular flexibility index (Phi) is 6.06. The van der Waals surface area contributed by atoms with Gasteiger partial charge in [0, 0.05) is 17.2 Å². The molecule has 2 amide bonds. The van der Waals surface area contributed by atoms with Crippen molar-refractivity contribution < 1.29 is 14.4 Å². The second kappa shape index (κ2) is 7.87. The summed E-state index contributed by atoms with van der Waals surface area (Å²) < 4.78 is 0. The third-order valence-corrected chi connectivity index (χ3v) is 4.90. The van der Waals surface area contributed by atoms with Crippen molar-refractivity contribution >= 4 is 35.0 Å². The van der Waals surface area contributed by atoms with Gasteiger partial charge in [0.05, 0.1) is 10.8 Å². The van der Waals surface area contributed by atoms with Crippen LogP contribution in [0.25, 0.3) is 0 Å². The van der Waals surface area contributed by atoms with E-state index in [1.165, 1.54) is 22.7 Å². The quantitative estimate of drug-likeness (QED) is 0.819. The number of hydrogen-bond acceptors (Lipinski definition) is 4. The molecule has 0 saturated carbocycles. The van der Waals surface area contributed by atoms with Crippen molar-refractivity contribution in [3.05, 3.63) is 40.9 Å². The predicted molar refractivity (Wildman–Crippen MR) is 101 cm³/mol. The van der Waals surface area contributed by atoms with Crippen molar-refractivity contribution in [3.8, 4) is 0 Å². The number of benzene rings is 1. The van der Waals surface area contributed by atoms with E-state index in [-0.39, 0.29) is 29.9 Å². The van der Waals surface area contributed by atoms with E-state index >= 15 is 0 Å². The lowest BCUT2D eigenvalue weighted by molar-refractivity contribution is -0.129. The molecule has 1 aromatic rings. The third kappa shape index (κ3) is 4.95. The molecular weight excluding hydrogens is 336 g/mol. The van der Waals surface area contributed by atoms with Crippen LogP contribution in [0.1, 0.15) is 33.3 Å². The van der Waals surface area contributed by atoms with E-state index in [9.17, 15) is 14.4 Å². The van der Waals surface area contributed by atoms with Gasteiger partial charge in [0.25, 0.3) is 0 Å². The van der Waals surface area contributed by atoms with E-state index in [4.69, 9.17) is 0 Å². The van der Waals surface area contributed by atoms with Gasteiger partial charge < -0.3 is 5.32 Å². The van der Waals surface area contributed by atoms with Crippen molar-refractivity contribution in [3.63, 3.8) is 0 Å². The molecule has 1 fully saturated rings. The fourth-order valence-electron chi connectivity index (χ4n) is 2.31. The molecule has 0 radical (unpaired) electrons. The Balaban J connectivity index is 2.11. The monoisotopic (exact) mass is 360 g/mol. The fourth-order valence-corrected chi connectivity index (χ4v) is 3.25. The number of amides is 2. The molecule has 0 aliphatic carbocycles. The van der Waals surface area contributed by atoms with Gasteiger partial charge in [-0.15, -0.1) is 0 Å². The van der Waals surface area contributed by atoms with Gasteiger partial charge in [-0.3, -0.25) is 19.3 Å². The zero-order chi connectivity index (χ0) is 18.6. The summed E-state index contributed by atoms with van der Waals surface area (Å²) in [5, 5.41) is 3.40. The largest absolute Gasteiger partial charge is 0.324 e. The maximum atomic E-state index is 12.4. The number of carbonyl (C=O) groups excluding carboxylic acids is 3. The Bertz CT molecular complexity index is 720. The highest BCUT2D eigenvalue weighted by Gasteiger charge is 2.30. The number of allylic oxidation sites excluding steroid dienone is 1. The topological polar surface area (TPSA) is 66.5 Å². The SMILES string of the molecule is CCc1ccccc1NC(=O)CN1C(=O)CSC1=CC(=O)C(C)(C)C. The average Bonchev–Trinajstić information content (AvgIpc) is 2.87. The predicted octanol–water partition coefficient (Wildman–Crippen LogP) is 3.22. The van der Waals surface area contributed by atoms with Crippen LogP contribution in [0.2, 0.25) is 0 Å². The van der Waals surface area contributed by atoms with Crippen LogP contribution >= 0.6 is 11.8 Å². The summed E-state index contributed by atoms with van der Waals surface area (Å²) in [5.41, 5.74) is 1.27. The van der Waals surface area contributed by atoms with Gasteiger partial charge in [-0.05, 0) is 18.1 Å². The van der Waals surface area contributed by atoms with Crippen LogP contribution in [-0.2, 0) is 20.8 Å². The summed E-state index contributed by atoms with van der Waals surface area (Å²) >= 11 is 1.30. The summed E-state index contributed by atoms with van der Waals surface area (Å²) in [6, 6.07) is 7.59. The van der Waals surface area contributed by atoms with Crippen molar-refractivity contribution in [1.82, 2.24) is 4.90 Å². The molecular formula is C19H24N2O3S. The maximum Gasteiger partial charge on any atom is 0.244 e. The number of carbonyl (C=O) groups is 3. The molecule has 0 aromatic heterocycles. The van der Waals surface area contributed by atoms with Gasteiger partial charge in [-0.1, -0.05) is 57.7 Å². The van der Waals surface area contributed by atoms with Crippen LogP contribution in [0.15, 0.2) is 35.4 Å². The lowest BCUT2D eigenvalue weighted by Gasteiger charge is -2.19. The number of para-hydroxylation sites is 1. The molecule has 0 bridgehead atoms. The average molecular weight is 360 g/mol. The van der Waals surface area contributed by atoms with Gasteiger partial charge in [-0.2, -0.15) is 0 Å². The number of nitrogens with zero attached hydrogens (tertiary/aromatic N) is 1. The van der Waals surface area contributed by atoms with E-state index < -0.39 is 5.41 Å². The van der Waals surface area contributed by atoms with Gasteiger partial charge in [0.1, 0.15) is 6.54 Å². The number of ketones is 1. The Morgan fingerprint density at radius 3 is 2.60 bits per heavy atom. The summed E-state index contributed by atoms with van der Waals surface area (Å²) in [5.74, 6) is -0.239. The first-order valence-corrected chi connectivity index (χ1v) is 9.28. The lowest BCUT2D eigenvalue weighted by Crippen LogP contribution is -2.34. The summed E-state index contributed by atoms with van der Waals surface area (Å²) in [7, 11) is 0. The van der Waals surface area contributed by atoms with E-state index in [0.717, 1.165) is 17.7 Å².